The molecule has 0 amide bonds. The van der Waals surface area contributed by atoms with Gasteiger partial charge in [0.05, 0.1) is 21.6 Å². The standard InChI is InChI=1S/C11H14ClN3O3S/c1-7(16)11(14)6-15-19(17,18)9-3-2-8(5-13)10(12)4-9/h2-4,7,11,15-16H,6,14H2,1H3. The number of halogens is 1. The van der Waals surface area contributed by atoms with E-state index in [0.717, 1.165) is 0 Å². The Kier molecular flexibility index (Phi) is 5.29. The number of benzene rings is 1. The van der Waals surface area contributed by atoms with Crippen molar-refractivity contribution in [3.8, 4) is 6.07 Å². The van der Waals surface area contributed by atoms with Crippen molar-refractivity contribution in [1.82, 2.24) is 4.72 Å². The molecular formula is C11H14ClN3O3S. The van der Waals surface area contributed by atoms with E-state index >= 15 is 0 Å². The van der Waals surface area contributed by atoms with E-state index in [1.807, 2.05) is 6.07 Å². The van der Waals surface area contributed by atoms with Crippen molar-refractivity contribution in [2.75, 3.05) is 6.54 Å². The molecule has 0 aliphatic carbocycles. The summed E-state index contributed by atoms with van der Waals surface area (Å²) in [6.45, 7) is 1.37. The minimum absolute atomic E-state index is 0.0604. The fourth-order valence-electron chi connectivity index (χ4n) is 1.21. The van der Waals surface area contributed by atoms with Gasteiger partial charge < -0.3 is 10.8 Å². The van der Waals surface area contributed by atoms with Gasteiger partial charge in [0.1, 0.15) is 6.07 Å². The predicted octanol–water partition coefficient (Wildman–Crippen LogP) is 0.198. The zero-order valence-corrected chi connectivity index (χ0v) is 11.7. The molecule has 0 aliphatic heterocycles. The van der Waals surface area contributed by atoms with E-state index in [4.69, 9.17) is 22.6 Å². The van der Waals surface area contributed by atoms with Crippen molar-refractivity contribution >= 4 is 21.6 Å². The lowest BCUT2D eigenvalue weighted by Crippen LogP contribution is -2.43. The fourth-order valence-corrected chi connectivity index (χ4v) is 2.60. The highest BCUT2D eigenvalue weighted by atomic mass is 35.5. The van der Waals surface area contributed by atoms with E-state index in [1.165, 1.54) is 25.1 Å². The van der Waals surface area contributed by atoms with Gasteiger partial charge in [0, 0.05) is 12.6 Å². The predicted molar refractivity (Wildman–Crippen MR) is 71.0 cm³/mol. The second kappa shape index (κ2) is 6.32. The van der Waals surface area contributed by atoms with E-state index in [9.17, 15) is 13.5 Å². The van der Waals surface area contributed by atoms with Crippen molar-refractivity contribution in [3.63, 3.8) is 0 Å². The third kappa shape index (κ3) is 4.16. The number of hydrogen-bond acceptors (Lipinski definition) is 5. The number of sulfonamides is 1. The quantitative estimate of drug-likeness (QED) is 0.718. The maximum atomic E-state index is 11.9. The van der Waals surface area contributed by atoms with Gasteiger partial charge in [-0.15, -0.1) is 0 Å². The first-order chi connectivity index (χ1) is 8.77. The number of aliphatic hydroxyl groups is 1. The van der Waals surface area contributed by atoms with Crippen LogP contribution in [-0.4, -0.2) is 32.2 Å². The van der Waals surface area contributed by atoms with Crippen LogP contribution < -0.4 is 10.5 Å². The van der Waals surface area contributed by atoms with Gasteiger partial charge in [-0.1, -0.05) is 11.6 Å². The van der Waals surface area contributed by atoms with Crippen LogP contribution in [0.1, 0.15) is 12.5 Å². The third-order valence-corrected chi connectivity index (χ3v) is 4.23. The van der Waals surface area contributed by atoms with E-state index in [-0.39, 0.29) is 22.0 Å². The van der Waals surface area contributed by atoms with E-state index in [2.05, 4.69) is 4.72 Å². The summed E-state index contributed by atoms with van der Waals surface area (Å²) < 4.78 is 26.1. The molecule has 0 fully saturated rings. The molecular weight excluding hydrogens is 290 g/mol. The smallest absolute Gasteiger partial charge is 0.240 e. The van der Waals surface area contributed by atoms with E-state index in [1.54, 1.807) is 0 Å². The molecule has 0 radical (unpaired) electrons. The summed E-state index contributed by atoms with van der Waals surface area (Å²) >= 11 is 5.77. The second-order valence-electron chi connectivity index (χ2n) is 4.01. The molecule has 1 aromatic rings. The SMILES string of the molecule is CC(O)C(N)CNS(=O)(=O)c1ccc(C#N)c(Cl)c1. The Morgan fingerprint density at radius 2 is 2.21 bits per heavy atom. The molecule has 6 nitrogen and oxygen atoms in total. The first kappa shape index (κ1) is 15.9. The number of nitrogens with one attached hydrogen (secondary N) is 1. The Labute approximate surface area is 116 Å². The molecule has 2 unspecified atom stereocenters. The normalized spacial score (nSPS) is 14.7. The zero-order valence-electron chi connectivity index (χ0n) is 10.2. The summed E-state index contributed by atoms with van der Waals surface area (Å²) in [5, 5.41) is 17.9. The maximum absolute atomic E-state index is 11.9. The number of rotatable bonds is 5. The molecule has 0 spiro atoms. The van der Waals surface area contributed by atoms with Crippen molar-refractivity contribution < 1.29 is 13.5 Å². The topological polar surface area (TPSA) is 116 Å². The highest BCUT2D eigenvalue weighted by Crippen LogP contribution is 2.19. The van der Waals surface area contributed by atoms with Crippen LogP contribution >= 0.6 is 11.6 Å². The average molecular weight is 304 g/mol. The van der Waals surface area contributed by atoms with Crippen molar-refractivity contribution in [2.24, 2.45) is 5.73 Å². The zero-order chi connectivity index (χ0) is 14.6. The van der Waals surface area contributed by atoms with Crippen molar-refractivity contribution in [2.45, 2.75) is 24.0 Å². The number of nitrogens with zero attached hydrogens (tertiary/aromatic N) is 1. The van der Waals surface area contributed by atoms with Crippen LogP contribution in [0.5, 0.6) is 0 Å². The lowest BCUT2D eigenvalue weighted by atomic mass is 10.2. The Morgan fingerprint density at radius 1 is 1.58 bits per heavy atom. The number of nitrogens with two attached hydrogens (primary N) is 1. The van der Waals surface area contributed by atoms with Crippen LogP contribution in [0.25, 0.3) is 0 Å². The summed E-state index contributed by atoms with van der Waals surface area (Å²) in [6, 6.07) is 4.93. The molecule has 0 aromatic heterocycles. The first-order valence-electron chi connectivity index (χ1n) is 5.41. The lowest BCUT2D eigenvalue weighted by Gasteiger charge is -2.15. The van der Waals surface area contributed by atoms with Crippen molar-refractivity contribution in [3.05, 3.63) is 28.8 Å². The molecule has 4 N–H and O–H groups in total. The summed E-state index contributed by atoms with van der Waals surface area (Å²) in [5.74, 6) is 0. The van der Waals surface area contributed by atoms with Crippen LogP contribution in [-0.2, 0) is 10.0 Å². The van der Waals surface area contributed by atoms with Gasteiger partial charge in [0.15, 0.2) is 0 Å². The highest BCUT2D eigenvalue weighted by Gasteiger charge is 2.18. The van der Waals surface area contributed by atoms with Crippen LogP contribution in [0, 0.1) is 11.3 Å². The number of aliphatic hydroxyl groups excluding tert-OH is 1. The van der Waals surface area contributed by atoms with Crippen LogP contribution in [0.4, 0.5) is 0 Å². The minimum atomic E-state index is -3.77. The fraction of sp³-hybridized carbons (Fsp3) is 0.364. The molecule has 0 heterocycles. The van der Waals surface area contributed by atoms with Crippen LogP contribution in [0.15, 0.2) is 23.1 Å². The molecule has 104 valence electrons. The van der Waals surface area contributed by atoms with Gasteiger partial charge in [0.2, 0.25) is 10.0 Å². The van der Waals surface area contributed by atoms with Crippen LogP contribution in [0.3, 0.4) is 0 Å². The highest BCUT2D eigenvalue weighted by molar-refractivity contribution is 7.89. The first-order valence-corrected chi connectivity index (χ1v) is 7.27. The molecule has 0 bridgehead atoms. The number of nitriles is 1. The van der Waals surface area contributed by atoms with Crippen molar-refractivity contribution in [1.29, 1.82) is 5.26 Å². The molecule has 0 saturated heterocycles. The van der Waals surface area contributed by atoms with Gasteiger partial charge in [0.25, 0.3) is 0 Å². The van der Waals surface area contributed by atoms with E-state index in [0.29, 0.717) is 0 Å². The largest absolute Gasteiger partial charge is 0.392 e. The lowest BCUT2D eigenvalue weighted by molar-refractivity contribution is 0.164. The Balaban J connectivity index is 2.90. The molecule has 8 heteroatoms. The molecule has 0 saturated carbocycles. The summed E-state index contributed by atoms with van der Waals surface area (Å²) in [4.78, 5) is -0.0608. The Bertz CT molecular complexity index is 596. The minimum Gasteiger partial charge on any atom is -0.392 e. The summed E-state index contributed by atoms with van der Waals surface area (Å²) in [6.07, 6.45) is -0.827. The van der Waals surface area contributed by atoms with Gasteiger partial charge in [-0.05, 0) is 25.1 Å². The van der Waals surface area contributed by atoms with Gasteiger partial charge in [-0.2, -0.15) is 5.26 Å². The van der Waals surface area contributed by atoms with Gasteiger partial charge in [-0.25, -0.2) is 13.1 Å². The molecule has 1 rings (SSSR count). The summed E-state index contributed by atoms with van der Waals surface area (Å²) in [5.41, 5.74) is 5.73. The van der Waals surface area contributed by atoms with E-state index < -0.39 is 22.2 Å². The monoisotopic (exact) mass is 303 g/mol. The van der Waals surface area contributed by atoms with Gasteiger partial charge in [-0.3, -0.25) is 0 Å². The third-order valence-electron chi connectivity index (χ3n) is 2.50. The maximum Gasteiger partial charge on any atom is 0.240 e. The molecule has 2 atom stereocenters. The molecule has 0 aliphatic rings. The Hall–Kier alpha value is -1.17. The molecule has 1 aromatic carbocycles. The van der Waals surface area contributed by atoms with Crippen LogP contribution in [0.2, 0.25) is 5.02 Å². The molecule has 19 heavy (non-hydrogen) atoms. The summed E-state index contributed by atoms with van der Waals surface area (Å²) in [7, 11) is -3.77. The average Bonchev–Trinajstić information content (AvgIpc) is 2.35. The van der Waals surface area contributed by atoms with Gasteiger partial charge >= 0.3 is 0 Å². The number of hydrogen-bond donors (Lipinski definition) is 3. The second-order valence-corrected chi connectivity index (χ2v) is 6.18. The Morgan fingerprint density at radius 3 is 2.68 bits per heavy atom.